The predicted octanol–water partition coefficient (Wildman–Crippen LogP) is 8.57. The van der Waals surface area contributed by atoms with E-state index in [4.69, 9.17) is 33.4 Å². The molecule has 1 amide bonds. The molecule has 6 aromatic rings. The number of phenolic OH excluding ortho intramolecular Hbond substituents is 1. The molecule has 16 nitrogen and oxygen atoms in total. The van der Waals surface area contributed by atoms with Crippen molar-refractivity contribution >= 4 is 52.0 Å². The highest BCUT2D eigenvalue weighted by Crippen LogP contribution is 2.48. The van der Waals surface area contributed by atoms with Crippen molar-refractivity contribution in [1.82, 2.24) is 35.1 Å². The molecule has 6 N–H and O–H groups in total. The van der Waals surface area contributed by atoms with Crippen LogP contribution in [0.15, 0.2) is 137 Å². The second-order valence-electron chi connectivity index (χ2n) is 16.9. The van der Waals surface area contributed by atoms with Crippen LogP contribution in [0, 0.1) is 0 Å². The highest BCUT2D eigenvalue weighted by molar-refractivity contribution is 6.33. The number of hydrogen-bond acceptors (Lipinski definition) is 13. The van der Waals surface area contributed by atoms with Crippen molar-refractivity contribution < 1.29 is 34.1 Å². The number of carboxylic acids is 2. The second-order valence-corrected chi connectivity index (χ2v) is 17.7. The van der Waals surface area contributed by atoms with Gasteiger partial charge in [-0.05, 0) is 104 Å². The molecular formula is C53H48Cl2N8O8. The highest BCUT2D eigenvalue weighted by Gasteiger charge is 2.31. The molecule has 362 valence electrons. The van der Waals surface area contributed by atoms with Gasteiger partial charge in [0, 0.05) is 92.7 Å². The molecule has 0 spiro atoms. The van der Waals surface area contributed by atoms with E-state index in [1.54, 1.807) is 36.9 Å². The smallest absolute Gasteiger partial charge is 0.336 e. The molecule has 1 atom stereocenters. The number of amides is 1. The Labute approximate surface area is 417 Å². The molecule has 5 heterocycles. The van der Waals surface area contributed by atoms with E-state index in [1.165, 1.54) is 30.3 Å². The third kappa shape index (κ3) is 12.1. The number of phenols is 1. The number of carbonyl (C=O) groups excluding carboxylic acids is 1. The monoisotopic (exact) mass is 994 g/mol. The number of carbonyl (C=O) groups is 3. The lowest BCUT2D eigenvalue weighted by Gasteiger charge is -2.26. The maximum absolute atomic E-state index is 14.6. The van der Waals surface area contributed by atoms with Crippen molar-refractivity contribution in [2.24, 2.45) is 5.73 Å². The third-order valence-electron chi connectivity index (χ3n) is 11.9. The van der Waals surface area contributed by atoms with Gasteiger partial charge in [-0.2, -0.15) is 0 Å². The molecule has 2 aromatic carbocycles. The van der Waals surface area contributed by atoms with Gasteiger partial charge in [0.05, 0.1) is 49.5 Å². The summed E-state index contributed by atoms with van der Waals surface area (Å²) in [4.78, 5) is 75.1. The van der Waals surface area contributed by atoms with Crippen molar-refractivity contribution in [2.75, 3.05) is 6.54 Å². The Morgan fingerprint density at radius 1 is 0.662 bits per heavy atom. The van der Waals surface area contributed by atoms with Crippen LogP contribution in [-0.4, -0.2) is 75.5 Å². The lowest BCUT2D eigenvalue weighted by molar-refractivity contribution is -0.138. The Kier molecular flexibility index (Phi) is 16.1. The molecule has 18 heteroatoms. The van der Waals surface area contributed by atoms with Gasteiger partial charge >= 0.3 is 11.9 Å². The summed E-state index contributed by atoms with van der Waals surface area (Å²) in [6.45, 7) is 1.25. The summed E-state index contributed by atoms with van der Waals surface area (Å²) in [7, 11) is 0. The maximum atomic E-state index is 14.6. The average molecular weight is 996 g/mol. The van der Waals surface area contributed by atoms with Crippen LogP contribution in [0.25, 0.3) is 33.4 Å². The number of benzene rings is 3. The standard InChI is InChI=1S/C53H48Cl2N8O8/c54-43-24-39-46(38-23-32(16-17-37(38)52(67)68)51(66)61-22-10-5-15-45(56)53(69)70)40-25-44(55)48(65)42(31-63(28-35-13-3-8-20-59-35)29-36-14-4-9-21-60-36)50(40)71-49(39)41(47(43)64)30-62(26-33-11-1-6-18-57-33)27-34-12-2-7-19-58-34/h1-4,6-9,11-14,16-21,23-25,45,64H,5,10,15,22,26-31,56H2,(H,61,66)(H,67,68)(H,69,70). The number of aromatic nitrogens is 4. The normalized spacial score (nSPS) is 11.9. The Hall–Kier alpha value is -7.60. The predicted molar refractivity (Wildman–Crippen MR) is 268 cm³/mol. The zero-order valence-corrected chi connectivity index (χ0v) is 39.7. The van der Waals surface area contributed by atoms with E-state index in [0.717, 1.165) is 11.4 Å². The maximum Gasteiger partial charge on any atom is 0.336 e. The van der Waals surface area contributed by atoms with Crippen LogP contribution in [0.2, 0.25) is 10.0 Å². The average Bonchev–Trinajstić information content (AvgIpc) is 3.37. The van der Waals surface area contributed by atoms with E-state index in [9.17, 15) is 34.5 Å². The number of nitrogens with zero attached hydrogens (tertiary/aromatic N) is 6. The fraction of sp³-hybridized carbons (Fsp3) is 0.208. The Morgan fingerprint density at radius 2 is 1.20 bits per heavy atom. The number of rotatable bonds is 21. The fourth-order valence-corrected chi connectivity index (χ4v) is 8.88. The van der Waals surface area contributed by atoms with Crippen molar-refractivity contribution in [1.29, 1.82) is 0 Å². The zero-order valence-electron chi connectivity index (χ0n) is 38.2. The first kappa shape index (κ1) is 49.8. The number of fused-ring (bicyclic) bond motifs is 2. The molecule has 0 bridgehead atoms. The number of nitrogens with one attached hydrogen (secondary N) is 1. The molecule has 2 aliphatic rings. The lowest BCUT2D eigenvalue weighted by atomic mass is 9.87. The van der Waals surface area contributed by atoms with E-state index < -0.39 is 29.3 Å². The number of unbranched alkanes of at least 4 members (excludes halogenated alkanes) is 1. The summed E-state index contributed by atoms with van der Waals surface area (Å²) >= 11 is 13.9. The quantitative estimate of drug-likeness (QED) is 0.0335. The molecule has 1 unspecified atom stereocenters. The molecule has 8 rings (SSSR count). The summed E-state index contributed by atoms with van der Waals surface area (Å²) in [5.41, 5.74) is 8.77. The molecular weight excluding hydrogens is 948 g/mol. The number of nitrogens with two attached hydrogens (primary N) is 1. The van der Waals surface area contributed by atoms with Gasteiger partial charge in [0.1, 0.15) is 23.1 Å². The molecule has 4 aromatic heterocycles. The van der Waals surface area contributed by atoms with Crippen molar-refractivity contribution in [3.8, 4) is 28.2 Å². The van der Waals surface area contributed by atoms with Gasteiger partial charge in [-0.1, -0.05) is 47.5 Å². The van der Waals surface area contributed by atoms with Crippen LogP contribution in [0.3, 0.4) is 0 Å². The molecule has 71 heavy (non-hydrogen) atoms. The van der Waals surface area contributed by atoms with Crippen LogP contribution in [0.5, 0.6) is 5.75 Å². The Balaban J connectivity index is 1.34. The van der Waals surface area contributed by atoms with E-state index in [1.807, 2.05) is 70.5 Å². The third-order valence-corrected chi connectivity index (χ3v) is 12.4. The van der Waals surface area contributed by atoms with Crippen LogP contribution in [0.4, 0.5) is 0 Å². The minimum atomic E-state index is -1.32. The highest BCUT2D eigenvalue weighted by atomic mass is 35.5. The van der Waals surface area contributed by atoms with Gasteiger partial charge in [0.25, 0.3) is 5.91 Å². The second kappa shape index (κ2) is 22.9. The Bertz CT molecular complexity index is 3120. The fourth-order valence-electron chi connectivity index (χ4n) is 8.44. The minimum absolute atomic E-state index is 0.00524. The van der Waals surface area contributed by atoms with E-state index in [2.05, 4.69) is 25.3 Å². The largest absolute Gasteiger partial charge is 0.506 e. The summed E-state index contributed by atoms with van der Waals surface area (Å²) in [5.74, 6) is -3.25. The topological polar surface area (TPSA) is 238 Å². The van der Waals surface area contributed by atoms with Gasteiger partial charge in [-0.3, -0.25) is 44.1 Å². The van der Waals surface area contributed by atoms with Crippen molar-refractivity contribution in [2.45, 2.75) is 64.6 Å². The molecule has 0 saturated heterocycles. The van der Waals surface area contributed by atoms with Crippen LogP contribution in [-0.2, 0) is 44.1 Å². The van der Waals surface area contributed by atoms with Crippen LogP contribution < -0.4 is 16.5 Å². The lowest BCUT2D eigenvalue weighted by Crippen LogP contribution is -2.30. The molecule has 0 radical (unpaired) electrons. The van der Waals surface area contributed by atoms with Gasteiger partial charge in [0.15, 0.2) is 0 Å². The first-order chi connectivity index (χ1) is 34.3. The number of aromatic carboxylic acids is 1. The number of halogens is 2. The van der Waals surface area contributed by atoms with Gasteiger partial charge in [-0.25, -0.2) is 4.79 Å². The Morgan fingerprint density at radius 3 is 1.69 bits per heavy atom. The molecule has 0 saturated carbocycles. The van der Waals surface area contributed by atoms with E-state index in [0.29, 0.717) is 37.3 Å². The first-order valence-corrected chi connectivity index (χ1v) is 23.4. The zero-order chi connectivity index (χ0) is 50.0. The summed E-state index contributed by atoms with van der Waals surface area (Å²) < 4.78 is 6.97. The minimum Gasteiger partial charge on any atom is -0.506 e. The van der Waals surface area contributed by atoms with E-state index >= 15 is 0 Å². The van der Waals surface area contributed by atoms with E-state index in [-0.39, 0.29) is 111 Å². The van der Waals surface area contributed by atoms with Crippen LogP contribution >= 0.6 is 23.2 Å². The number of aliphatic carboxylic acids is 1. The molecule has 1 aliphatic heterocycles. The van der Waals surface area contributed by atoms with Crippen molar-refractivity contribution in [3.63, 3.8) is 0 Å². The SMILES string of the molecule is NC(CCCCNC(=O)c1ccc(C(=O)O)c(-c2c3cc(Cl)c(=O)c(CN(Cc4ccccn4)Cc4ccccn4)c-3oc3c(CN(Cc4ccccn4)Cc4ccccn4)c(O)c(Cl)cc23)c1)C(=O)O. The summed E-state index contributed by atoms with van der Waals surface area (Å²) in [6.07, 6.45) is 7.79. The number of hydrogen-bond donors (Lipinski definition) is 5. The summed E-state index contributed by atoms with van der Waals surface area (Å²) in [6, 6.07) is 28.1. The number of aromatic hydroxyl groups is 1. The molecule has 1 aliphatic carbocycles. The van der Waals surface area contributed by atoms with Gasteiger partial charge < -0.3 is 30.8 Å². The summed E-state index contributed by atoms with van der Waals surface area (Å²) in [5, 5.41) is 34.9. The number of carboxylic acid groups (broad SMARTS) is 2. The molecule has 0 fully saturated rings. The first-order valence-electron chi connectivity index (χ1n) is 22.7. The van der Waals surface area contributed by atoms with Gasteiger partial charge in [-0.15, -0.1) is 0 Å². The van der Waals surface area contributed by atoms with Crippen molar-refractivity contribution in [3.05, 3.63) is 193 Å². The van der Waals surface area contributed by atoms with Crippen LogP contribution in [0.1, 0.15) is 73.9 Å². The van der Waals surface area contributed by atoms with Gasteiger partial charge in [0.2, 0.25) is 5.43 Å². The number of pyridine rings is 4.